The number of aryl methyl sites for hydroxylation is 2. The molecule has 114 valence electrons. The number of hydrogen-bond donors (Lipinski definition) is 0. The van der Waals surface area contributed by atoms with Crippen molar-refractivity contribution in [1.29, 1.82) is 0 Å². The predicted molar refractivity (Wildman–Crippen MR) is 80.3 cm³/mol. The largest absolute Gasteiger partial charge is 0.348 e. The maximum absolute atomic E-state index is 12.9. The van der Waals surface area contributed by atoms with Gasteiger partial charge in [-0.3, -0.25) is 4.79 Å². The van der Waals surface area contributed by atoms with E-state index in [9.17, 15) is 4.79 Å². The molecule has 0 aliphatic carbocycles. The fourth-order valence-corrected chi connectivity index (χ4v) is 3.30. The second kappa shape index (κ2) is 6.16. The van der Waals surface area contributed by atoms with Crippen LogP contribution in [0.25, 0.3) is 0 Å². The topological polar surface area (TPSA) is 38.8 Å². The third-order valence-corrected chi connectivity index (χ3v) is 4.38. The Labute approximate surface area is 126 Å². The van der Waals surface area contributed by atoms with Crippen LogP contribution in [0.2, 0.25) is 0 Å². The molecular weight excluding hydrogens is 266 g/mol. The lowest BCUT2D eigenvalue weighted by Gasteiger charge is -2.38. The Balaban J connectivity index is 1.83. The lowest BCUT2D eigenvalue weighted by Crippen LogP contribution is -2.50. The van der Waals surface area contributed by atoms with Crippen molar-refractivity contribution in [2.24, 2.45) is 0 Å². The molecule has 1 aromatic rings. The Morgan fingerprint density at radius 1 is 1.19 bits per heavy atom. The average Bonchev–Trinajstić information content (AvgIpc) is 3.01. The van der Waals surface area contributed by atoms with E-state index < -0.39 is 0 Å². The molecule has 1 amide bonds. The standard InChI is InChI=1S/C17H23NO3/c1-12-6-7-14(13(2)11-12)16(19)18-8-4-3-5-15(18)17-20-9-10-21-17/h6-7,11,15,17H,3-5,8-10H2,1-2H3/t15-/m0/s1. The fourth-order valence-electron chi connectivity index (χ4n) is 3.30. The van der Waals surface area contributed by atoms with Crippen LogP contribution < -0.4 is 0 Å². The molecule has 0 bridgehead atoms. The number of benzene rings is 1. The van der Waals surface area contributed by atoms with Gasteiger partial charge in [0, 0.05) is 12.1 Å². The summed E-state index contributed by atoms with van der Waals surface area (Å²) in [5, 5.41) is 0. The van der Waals surface area contributed by atoms with Gasteiger partial charge in [-0.2, -0.15) is 0 Å². The highest BCUT2D eigenvalue weighted by Crippen LogP contribution is 2.26. The second-order valence-corrected chi connectivity index (χ2v) is 5.99. The first-order valence-electron chi connectivity index (χ1n) is 7.78. The Bertz CT molecular complexity index is 523. The maximum Gasteiger partial charge on any atom is 0.254 e. The van der Waals surface area contributed by atoms with Crippen LogP contribution in [0, 0.1) is 13.8 Å². The van der Waals surface area contributed by atoms with Crippen molar-refractivity contribution in [2.75, 3.05) is 19.8 Å². The van der Waals surface area contributed by atoms with Crippen LogP contribution in [0.3, 0.4) is 0 Å². The fraction of sp³-hybridized carbons (Fsp3) is 0.588. The minimum Gasteiger partial charge on any atom is -0.348 e. The molecule has 4 heteroatoms. The van der Waals surface area contributed by atoms with Crippen molar-refractivity contribution in [2.45, 2.75) is 45.4 Å². The first kappa shape index (κ1) is 14.5. The summed E-state index contributed by atoms with van der Waals surface area (Å²) in [4.78, 5) is 14.9. The first-order valence-corrected chi connectivity index (χ1v) is 7.78. The predicted octanol–water partition coefficient (Wildman–Crippen LogP) is 2.67. The Hall–Kier alpha value is -1.39. The average molecular weight is 289 g/mol. The van der Waals surface area contributed by atoms with Crippen LogP contribution in [0.5, 0.6) is 0 Å². The van der Waals surface area contributed by atoms with Gasteiger partial charge in [-0.15, -0.1) is 0 Å². The summed E-state index contributed by atoms with van der Waals surface area (Å²) < 4.78 is 11.3. The van der Waals surface area contributed by atoms with Gasteiger partial charge in [-0.25, -0.2) is 0 Å². The van der Waals surface area contributed by atoms with Gasteiger partial charge >= 0.3 is 0 Å². The van der Waals surface area contributed by atoms with Crippen LogP contribution in [0.1, 0.15) is 40.7 Å². The summed E-state index contributed by atoms with van der Waals surface area (Å²) in [5.74, 6) is 0.108. The van der Waals surface area contributed by atoms with E-state index in [1.165, 1.54) is 5.56 Å². The number of nitrogens with zero attached hydrogens (tertiary/aromatic N) is 1. The molecule has 2 aliphatic rings. The molecule has 0 saturated carbocycles. The number of ether oxygens (including phenoxy) is 2. The van der Waals surface area contributed by atoms with E-state index in [4.69, 9.17) is 9.47 Å². The van der Waals surface area contributed by atoms with Crippen molar-refractivity contribution >= 4 is 5.91 Å². The number of amides is 1. The molecule has 0 N–H and O–H groups in total. The van der Waals surface area contributed by atoms with E-state index in [-0.39, 0.29) is 18.2 Å². The van der Waals surface area contributed by atoms with E-state index in [1.54, 1.807) is 0 Å². The van der Waals surface area contributed by atoms with Gasteiger partial charge in [0.15, 0.2) is 6.29 Å². The van der Waals surface area contributed by atoms with E-state index in [0.717, 1.165) is 36.9 Å². The van der Waals surface area contributed by atoms with Crippen LogP contribution in [-0.2, 0) is 9.47 Å². The molecule has 1 atom stereocenters. The number of carbonyl (C=O) groups is 1. The zero-order chi connectivity index (χ0) is 14.8. The van der Waals surface area contributed by atoms with Crippen LogP contribution >= 0.6 is 0 Å². The summed E-state index contributed by atoms with van der Waals surface area (Å²) in [5.41, 5.74) is 3.02. The number of carbonyl (C=O) groups excluding carboxylic acids is 1. The molecular formula is C17H23NO3. The van der Waals surface area contributed by atoms with E-state index in [2.05, 4.69) is 6.07 Å². The SMILES string of the molecule is Cc1ccc(C(=O)N2CCCC[C@H]2C2OCCO2)c(C)c1. The molecule has 3 rings (SSSR count). The van der Waals surface area contributed by atoms with E-state index >= 15 is 0 Å². The highest BCUT2D eigenvalue weighted by molar-refractivity contribution is 5.96. The zero-order valence-electron chi connectivity index (χ0n) is 12.8. The minimum absolute atomic E-state index is 0.0504. The highest BCUT2D eigenvalue weighted by atomic mass is 16.7. The van der Waals surface area contributed by atoms with Gasteiger partial charge in [0.25, 0.3) is 5.91 Å². The molecule has 0 unspecified atom stereocenters. The summed E-state index contributed by atoms with van der Waals surface area (Å²) in [7, 11) is 0. The van der Waals surface area contributed by atoms with Crippen molar-refractivity contribution in [3.63, 3.8) is 0 Å². The Morgan fingerprint density at radius 3 is 2.67 bits per heavy atom. The lowest BCUT2D eigenvalue weighted by molar-refractivity contribution is -0.100. The minimum atomic E-state index is -0.250. The van der Waals surface area contributed by atoms with Crippen LogP contribution in [0.15, 0.2) is 18.2 Å². The molecule has 4 nitrogen and oxygen atoms in total. The molecule has 2 fully saturated rings. The summed E-state index contributed by atoms with van der Waals surface area (Å²) in [6, 6.07) is 6.06. The summed E-state index contributed by atoms with van der Waals surface area (Å²) in [6.07, 6.45) is 2.89. The number of piperidine rings is 1. The molecule has 1 aromatic carbocycles. The van der Waals surface area contributed by atoms with E-state index in [0.29, 0.717) is 13.2 Å². The third kappa shape index (κ3) is 2.97. The van der Waals surface area contributed by atoms with Gasteiger partial charge in [0.05, 0.1) is 19.3 Å². The van der Waals surface area contributed by atoms with Gasteiger partial charge in [-0.05, 0) is 44.7 Å². The number of hydrogen-bond acceptors (Lipinski definition) is 3. The van der Waals surface area contributed by atoms with Crippen LogP contribution in [0.4, 0.5) is 0 Å². The monoisotopic (exact) mass is 289 g/mol. The molecule has 21 heavy (non-hydrogen) atoms. The van der Waals surface area contributed by atoms with Gasteiger partial charge in [0.2, 0.25) is 0 Å². The molecule has 2 saturated heterocycles. The number of likely N-dealkylation sites (tertiary alicyclic amines) is 1. The van der Waals surface area contributed by atoms with Crippen molar-refractivity contribution < 1.29 is 14.3 Å². The van der Waals surface area contributed by atoms with Gasteiger partial charge < -0.3 is 14.4 Å². The quantitative estimate of drug-likeness (QED) is 0.840. The lowest BCUT2D eigenvalue weighted by atomic mass is 9.98. The third-order valence-electron chi connectivity index (χ3n) is 4.38. The van der Waals surface area contributed by atoms with E-state index in [1.807, 2.05) is 30.9 Å². The zero-order valence-corrected chi connectivity index (χ0v) is 12.8. The number of rotatable bonds is 2. The molecule has 0 radical (unpaired) electrons. The van der Waals surface area contributed by atoms with Crippen molar-refractivity contribution in [3.05, 3.63) is 34.9 Å². The normalized spacial score (nSPS) is 23.5. The second-order valence-electron chi connectivity index (χ2n) is 5.99. The van der Waals surface area contributed by atoms with Gasteiger partial charge in [0.1, 0.15) is 0 Å². The van der Waals surface area contributed by atoms with Crippen molar-refractivity contribution in [1.82, 2.24) is 4.90 Å². The van der Waals surface area contributed by atoms with Crippen molar-refractivity contribution in [3.8, 4) is 0 Å². The molecule has 2 heterocycles. The smallest absolute Gasteiger partial charge is 0.254 e. The molecule has 0 aromatic heterocycles. The summed E-state index contributed by atoms with van der Waals surface area (Å²) >= 11 is 0. The van der Waals surface area contributed by atoms with Gasteiger partial charge in [-0.1, -0.05) is 17.7 Å². The van der Waals surface area contributed by atoms with Crippen LogP contribution in [-0.4, -0.2) is 42.9 Å². The molecule has 2 aliphatic heterocycles. The Morgan fingerprint density at radius 2 is 1.95 bits per heavy atom. The maximum atomic E-state index is 12.9. The first-order chi connectivity index (χ1) is 10.2. The molecule has 0 spiro atoms. The Kier molecular flexibility index (Phi) is 4.27. The highest BCUT2D eigenvalue weighted by Gasteiger charge is 2.36. The summed E-state index contributed by atoms with van der Waals surface area (Å²) in [6.45, 7) is 6.10.